The fourth-order valence-electron chi connectivity index (χ4n) is 6.23. The lowest BCUT2D eigenvalue weighted by molar-refractivity contribution is 0.0591. The Bertz CT molecular complexity index is 1330. The predicted molar refractivity (Wildman–Crippen MR) is 152 cm³/mol. The molecule has 2 aromatic heterocycles. The van der Waals surface area contributed by atoms with Crippen LogP contribution in [0.5, 0.6) is 0 Å². The lowest BCUT2D eigenvalue weighted by atomic mass is 9.85. The monoisotopic (exact) mass is 555 g/mol. The number of hydrogen-bond acceptors (Lipinski definition) is 8. The van der Waals surface area contributed by atoms with Crippen LogP contribution in [0.1, 0.15) is 82.8 Å². The fraction of sp³-hybridized carbons (Fsp3) is 0.621. The topological polar surface area (TPSA) is 114 Å². The summed E-state index contributed by atoms with van der Waals surface area (Å²) < 4.78 is 34.6. The first-order chi connectivity index (χ1) is 18.3. The van der Waals surface area contributed by atoms with Gasteiger partial charge in [0.05, 0.1) is 5.56 Å². The van der Waals surface area contributed by atoms with Crippen LogP contribution in [0.2, 0.25) is 0 Å². The summed E-state index contributed by atoms with van der Waals surface area (Å²) in [5.74, 6) is 1.17. The Morgan fingerprint density at radius 3 is 2.49 bits per heavy atom. The molecule has 2 atom stereocenters. The summed E-state index contributed by atoms with van der Waals surface area (Å²) in [6.45, 7) is 12.8. The first-order valence-electron chi connectivity index (χ1n) is 14.0. The molecule has 212 valence electrons. The van der Waals surface area contributed by atoms with E-state index < -0.39 is 15.9 Å². The van der Waals surface area contributed by atoms with E-state index in [0.717, 1.165) is 57.6 Å². The van der Waals surface area contributed by atoms with Crippen LogP contribution in [0.15, 0.2) is 35.4 Å². The van der Waals surface area contributed by atoms with E-state index >= 15 is 0 Å². The van der Waals surface area contributed by atoms with Crippen molar-refractivity contribution in [1.29, 1.82) is 0 Å². The second-order valence-electron chi connectivity index (χ2n) is 12.9. The minimum absolute atomic E-state index is 0.147. The summed E-state index contributed by atoms with van der Waals surface area (Å²) in [5, 5.41) is 3.37. The van der Waals surface area contributed by atoms with Crippen molar-refractivity contribution in [2.75, 3.05) is 30.0 Å². The van der Waals surface area contributed by atoms with Gasteiger partial charge in [-0.15, -0.1) is 0 Å². The summed E-state index contributed by atoms with van der Waals surface area (Å²) in [6.07, 6.45) is 4.83. The number of pyridine rings is 2. The first-order valence-corrected chi connectivity index (χ1v) is 15.5. The molecule has 9 nitrogen and oxygen atoms in total. The lowest BCUT2D eigenvalue weighted by Crippen LogP contribution is -2.41. The van der Waals surface area contributed by atoms with E-state index in [9.17, 15) is 13.2 Å². The van der Waals surface area contributed by atoms with Crippen LogP contribution >= 0.6 is 0 Å². The van der Waals surface area contributed by atoms with Gasteiger partial charge in [-0.25, -0.2) is 14.7 Å². The number of fused-ring (bicyclic) bond motifs is 6. The van der Waals surface area contributed by atoms with Crippen LogP contribution in [-0.2, 0) is 20.2 Å². The molecule has 2 aromatic rings. The van der Waals surface area contributed by atoms with Gasteiger partial charge in [-0.3, -0.25) is 4.79 Å². The third kappa shape index (κ3) is 5.91. The van der Waals surface area contributed by atoms with E-state index in [1.54, 1.807) is 18.2 Å². The fourth-order valence-corrected chi connectivity index (χ4v) is 7.16. The van der Waals surface area contributed by atoms with Gasteiger partial charge in [0.2, 0.25) is 0 Å². The molecule has 10 heteroatoms. The van der Waals surface area contributed by atoms with E-state index in [-0.39, 0.29) is 27.6 Å². The first kappa shape index (κ1) is 27.8. The number of carbonyl (C=O) groups excluding carboxylic acids is 1. The SMILES string of the molecule is CC(C)(C)c1ccc2c(n1)N1C[C@@H](CC[C@@H](C3CCOCC3)Nc3cccc(n3)S(=O)(=O)NC2=O)CC1(C)C. The van der Waals surface area contributed by atoms with Crippen molar-refractivity contribution >= 4 is 27.6 Å². The number of carbonyl (C=O) groups is 1. The molecule has 3 aliphatic heterocycles. The number of anilines is 2. The van der Waals surface area contributed by atoms with Crippen LogP contribution in [0.4, 0.5) is 11.6 Å². The van der Waals surface area contributed by atoms with E-state index in [1.807, 2.05) is 6.07 Å². The molecule has 0 spiro atoms. The number of sulfonamides is 1. The van der Waals surface area contributed by atoms with Gasteiger partial charge < -0.3 is 15.0 Å². The molecule has 5 heterocycles. The van der Waals surface area contributed by atoms with Crippen LogP contribution in [0.25, 0.3) is 0 Å². The summed E-state index contributed by atoms with van der Waals surface area (Å²) in [6, 6.07) is 8.55. The number of rotatable bonds is 1. The quantitative estimate of drug-likeness (QED) is 0.529. The summed E-state index contributed by atoms with van der Waals surface area (Å²) in [4.78, 5) is 25.2. The summed E-state index contributed by atoms with van der Waals surface area (Å²) >= 11 is 0. The largest absolute Gasteiger partial charge is 0.381 e. The molecule has 1 amide bonds. The van der Waals surface area contributed by atoms with Gasteiger partial charge in [0.25, 0.3) is 15.9 Å². The molecule has 0 aromatic carbocycles. The molecule has 0 radical (unpaired) electrons. The number of amides is 1. The van der Waals surface area contributed by atoms with Gasteiger partial charge in [-0.2, -0.15) is 8.42 Å². The van der Waals surface area contributed by atoms with Crippen molar-refractivity contribution in [3.8, 4) is 0 Å². The van der Waals surface area contributed by atoms with E-state index in [2.05, 4.69) is 54.5 Å². The zero-order valence-corrected chi connectivity index (χ0v) is 24.5. The standard InChI is InChI=1S/C29H41N5O4S/c1-28(2,3)23-12-10-21-26(31-23)34-18-19(17-29(34,4)5)9-11-22(20-13-15-38-16-14-20)30-24-7-6-8-25(32-24)39(36,37)33-27(21)35/h6-8,10,12,19-20,22H,9,11,13-18H2,1-5H3,(H,30,32)(H,33,35)/t19-,22-/m0/s1. The highest BCUT2D eigenvalue weighted by Gasteiger charge is 2.42. The van der Waals surface area contributed by atoms with Crippen molar-refractivity contribution < 1.29 is 17.9 Å². The second-order valence-corrected chi connectivity index (χ2v) is 14.5. The Labute approximate surface area is 232 Å². The third-order valence-electron chi connectivity index (χ3n) is 8.38. The van der Waals surface area contributed by atoms with Crippen LogP contribution in [0.3, 0.4) is 0 Å². The molecule has 0 saturated carbocycles. The van der Waals surface area contributed by atoms with Crippen molar-refractivity contribution in [1.82, 2.24) is 14.7 Å². The zero-order chi connectivity index (χ0) is 28.0. The normalized spacial score (nSPS) is 25.6. The minimum atomic E-state index is -4.21. The average molecular weight is 556 g/mol. The average Bonchev–Trinajstić information content (AvgIpc) is 3.19. The molecular weight excluding hydrogens is 514 g/mol. The van der Waals surface area contributed by atoms with Gasteiger partial charge in [0, 0.05) is 42.4 Å². The molecule has 2 saturated heterocycles. The van der Waals surface area contributed by atoms with Gasteiger partial charge in [0.1, 0.15) is 11.6 Å². The number of aromatic nitrogens is 2. The smallest absolute Gasteiger partial charge is 0.281 e. The Morgan fingerprint density at radius 2 is 1.77 bits per heavy atom. The van der Waals surface area contributed by atoms with Crippen molar-refractivity contribution in [3.63, 3.8) is 0 Å². The highest BCUT2D eigenvalue weighted by molar-refractivity contribution is 7.90. The van der Waals surface area contributed by atoms with Crippen LogP contribution in [0, 0.1) is 11.8 Å². The maximum atomic E-state index is 13.5. The van der Waals surface area contributed by atoms with Crippen molar-refractivity contribution in [3.05, 3.63) is 41.6 Å². The van der Waals surface area contributed by atoms with Gasteiger partial charge in [-0.05, 0) is 82.1 Å². The second kappa shape index (κ2) is 10.4. The molecule has 39 heavy (non-hydrogen) atoms. The van der Waals surface area contributed by atoms with Crippen LogP contribution in [-0.4, -0.2) is 55.6 Å². The van der Waals surface area contributed by atoms with E-state index in [1.165, 1.54) is 6.07 Å². The number of nitrogens with one attached hydrogen (secondary N) is 2. The Morgan fingerprint density at radius 1 is 1.03 bits per heavy atom. The Kier molecular flexibility index (Phi) is 7.39. The predicted octanol–water partition coefficient (Wildman–Crippen LogP) is 4.50. The maximum absolute atomic E-state index is 13.5. The molecule has 5 rings (SSSR count). The highest BCUT2D eigenvalue weighted by Crippen LogP contribution is 2.41. The maximum Gasteiger partial charge on any atom is 0.281 e. The zero-order valence-electron chi connectivity index (χ0n) is 23.7. The molecule has 0 aliphatic carbocycles. The summed E-state index contributed by atoms with van der Waals surface area (Å²) in [7, 11) is -4.21. The third-order valence-corrected chi connectivity index (χ3v) is 9.62. The van der Waals surface area contributed by atoms with Gasteiger partial charge in [0.15, 0.2) is 5.03 Å². The Balaban J connectivity index is 1.59. The van der Waals surface area contributed by atoms with E-state index in [0.29, 0.717) is 23.5 Å². The highest BCUT2D eigenvalue weighted by atomic mass is 32.2. The van der Waals surface area contributed by atoms with E-state index in [4.69, 9.17) is 9.72 Å². The summed E-state index contributed by atoms with van der Waals surface area (Å²) in [5.41, 5.74) is 0.633. The molecule has 0 unspecified atom stereocenters. The van der Waals surface area contributed by atoms with Gasteiger partial charge >= 0.3 is 0 Å². The van der Waals surface area contributed by atoms with Crippen molar-refractivity contribution in [2.24, 2.45) is 11.8 Å². The molecule has 4 bridgehead atoms. The number of hydrogen-bond donors (Lipinski definition) is 2. The lowest BCUT2D eigenvalue weighted by Gasteiger charge is -2.34. The molecular formula is C29H41N5O4S. The number of ether oxygens (including phenoxy) is 1. The molecule has 2 fully saturated rings. The molecule has 3 aliphatic rings. The van der Waals surface area contributed by atoms with Crippen molar-refractivity contribution in [2.45, 2.75) is 88.7 Å². The Hall–Kier alpha value is -2.72. The number of nitrogens with zero attached hydrogens (tertiary/aromatic N) is 3. The minimum Gasteiger partial charge on any atom is -0.381 e. The van der Waals surface area contributed by atoms with Crippen LogP contribution < -0.4 is 14.9 Å². The molecule has 2 N–H and O–H groups in total. The van der Waals surface area contributed by atoms with Gasteiger partial charge in [-0.1, -0.05) is 26.8 Å².